The molecular weight excluding hydrogens is 270 g/mol. The SMILES string of the molecule is CCNC(=O)C(C)Oc1c(CO)cc(Cl)cc1OC. The van der Waals surface area contributed by atoms with Gasteiger partial charge in [-0.2, -0.15) is 0 Å². The van der Waals surface area contributed by atoms with Gasteiger partial charge in [-0.25, -0.2) is 0 Å². The largest absolute Gasteiger partial charge is 0.493 e. The Kier molecular flexibility index (Phi) is 5.92. The number of hydrogen-bond acceptors (Lipinski definition) is 4. The maximum atomic E-state index is 11.6. The molecule has 19 heavy (non-hydrogen) atoms. The molecule has 0 spiro atoms. The summed E-state index contributed by atoms with van der Waals surface area (Å²) in [6.45, 7) is 3.72. The molecule has 0 bridgehead atoms. The molecule has 0 saturated carbocycles. The molecule has 1 aromatic rings. The highest BCUT2D eigenvalue weighted by molar-refractivity contribution is 6.30. The molecule has 1 rings (SSSR count). The van der Waals surface area contributed by atoms with E-state index in [4.69, 9.17) is 21.1 Å². The number of likely N-dealkylation sites (N-methyl/N-ethyl adjacent to an activating group) is 1. The van der Waals surface area contributed by atoms with Gasteiger partial charge in [-0.15, -0.1) is 0 Å². The minimum Gasteiger partial charge on any atom is -0.493 e. The van der Waals surface area contributed by atoms with Crippen LogP contribution in [0, 0.1) is 0 Å². The zero-order chi connectivity index (χ0) is 14.4. The van der Waals surface area contributed by atoms with Crippen molar-refractivity contribution in [2.24, 2.45) is 0 Å². The number of rotatable bonds is 6. The molecule has 1 amide bonds. The van der Waals surface area contributed by atoms with E-state index in [9.17, 15) is 9.90 Å². The first kappa shape index (κ1) is 15.6. The lowest BCUT2D eigenvalue weighted by atomic mass is 10.2. The van der Waals surface area contributed by atoms with Gasteiger partial charge >= 0.3 is 0 Å². The summed E-state index contributed by atoms with van der Waals surface area (Å²) in [5.41, 5.74) is 0.473. The van der Waals surface area contributed by atoms with Crippen molar-refractivity contribution in [1.82, 2.24) is 5.32 Å². The fourth-order valence-electron chi connectivity index (χ4n) is 1.57. The van der Waals surface area contributed by atoms with E-state index in [0.717, 1.165) is 0 Å². The second kappa shape index (κ2) is 7.21. The number of nitrogens with one attached hydrogen (secondary N) is 1. The summed E-state index contributed by atoms with van der Waals surface area (Å²) < 4.78 is 10.7. The van der Waals surface area contributed by atoms with Crippen molar-refractivity contribution in [2.75, 3.05) is 13.7 Å². The summed E-state index contributed by atoms with van der Waals surface area (Å²) in [6, 6.07) is 3.14. The third-order valence-electron chi connectivity index (χ3n) is 2.50. The summed E-state index contributed by atoms with van der Waals surface area (Å²) in [7, 11) is 1.47. The normalized spacial score (nSPS) is 11.8. The van der Waals surface area contributed by atoms with Crippen LogP contribution in [-0.2, 0) is 11.4 Å². The molecule has 0 aliphatic rings. The first-order chi connectivity index (χ1) is 9.03. The van der Waals surface area contributed by atoms with E-state index in [0.29, 0.717) is 28.6 Å². The van der Waals surface area contributed by atoms with Crippen molar-refractivity contribution in [1.29, 1.82) is 0 Å². The topological polar surface area (TPSA) is 67.8 Å². The molecule has 1 unspecified atom stereocenters. The molecule has 0 radical (unpaired) electrons. The number of ether oxygens (including phenoxy) is 2. The third kappa shape index (κ3) is 4.01. The Morgan fingerprint density at radius 3 is 2.74 bits per heavy atom. The van der Waals surface area contributed by atoms with E-state index in [1.165, 1.54) is 7.11 Å². The highest BCUT2D eigenvalue weighted by atomic mass is 35.5. The van der Waals surface area contributed by atoms with Gasteiger partial charge in [-0.05, 0) is 19.9 Å². The summed E-state index contributed by atoms with van der Waals surface area (Å²) in [5, 5.41) is 12.4. The number of benzene rings is 1. The number of halogens is 1. The highest BCUT2D eigenvalue weighted by Crippen LogP contribution is 2.35. The van der Waals surface area contributed by atoms with Crippen LogP contribution < -0.4 is 14.8 Å². The Balaban J connectivity index is 3.01. The van der Waals surface area contributed by atoms with E-state index >= 15 is 0 Å². The van der Waals surface area contributed by atoms with E-state index in [1.54, 1.807) is 19.1 Å². The van der Waals surface area contributed by atoms with Crippen LogP contribution in [0.2, 0.25) is 5.02 Å². The predicted octanol–water partition coefficient (Wildman–Crippen LogP) is 1.74. The molecule has 0 aromatic heterocycles. The van der Waals surface area contributed by atoms with Gasteiger partial charge in [-0.1, -0.05) is 11.6 Å². The molecule has 0 saturated heterocycles. The van der Waals surface area contributed by atoms with Crippen molar-refractivity contribution in [3.63, 3.8) is 0 Å². The fraction of sp³-hybridized carbons (Fsp3) is 0.462. The summed E-state index contributed by atoms with van der Waals surface area (Å²) in [6.07, 6.45) is -0.694. The standard InChI is InChI=1S/C13H18ClNO4/c1-4-15-13(17)8(2)19-12-9(7-16)5-10(14)6-11(12)18-3/h5-6,8,16H,4,7H2,1-3H3,(H,15,17). The predicted molar refractivity (Wildman–Crippen MR) is 72.7 cm³/mol. The quantitative estimate of drug-likeness (QED) is 0.836. The van der Waals surface area contributed by atoms with E-state index < -0.39 is 6.10 Å². The van der Waals surface area contributed by atoms with E-state index in [-0.39, 0.29) is 12.5 Å². The second-order valence-corrected chi connectivity index (χ2v) is 4.35. The molecule has 5 nitrogen and oxygen atoms in total. The number of aliphatic hydroxyl groups is 1. The summed E-state index contributed by atoms with van der Waals surface area (Å²) in [4.78, 5) is 11.6. The first-order valence-corrected chi connectivity index (χ1v) is 6.32. The Hall–Kier alpha value is -1.46. The Morgan fingerprint density at radius 2 is 2.21 bits per heavy atom. The maximum absolute atomic E-state index is 11.6. The maximum Gasteiger partial charge on any atom is 0.260 e. The minimum atomic E-state index is -0.694. The number of amides is 1. The molecule has 6 heteroatoms. The average Bonchev–Trinajstić information content (AvgIpc) is 2.40. The van der Waals surface area contributed by atoms with Gasteiger partial charge < -0.3 is 19.9 Å². The van der Waals surface area contributed by atoms with Crippen LogP contribution in [0.3, 0.4) is 0 Å². The molecule has 106 valence electrons. The molecule has 0 aliphatic heterocycles. The zero-order valence-electron chi connectivity index (χ0n) is 11.2. The number of hydrogen-bond donors (Lipinski definition) is 2. The molecule has 2 N–H and O–H groups in total. The number of carbonyl (C=O) groups is 1. The van der Waals surface area contributed by atoms with Gasteiger partial charge in [-0.3, -0.25) is 4.79 Å². The lowest BCUT2D eigenvalue weighted by molar-refractivity contribution is -0.127. The third-order valence-corrected chi connectivity index (χ3v) is 2.72. The monoisotopic (exact) mass is 287 g/mol. The highest BCUT2D eigenvalue weighted by Gasteiger charge is 2.19. The van der Waals surface area contributed by atoms with Crippen LogP contribution in [0.4, 0.5) is 0 Å². The van der Waals surface area contributed by atoms with Crippen LogP contribution in [0.25, 0.3) is 0 Å². The Morgan fingerprint density at radius 1 is 1.53 bits per heavy atom. The number of aliphatic hydroxyl groups excluding tert-OH is 1. The van der Waals surface area contributed by atoms with Gasteiger partial charge in [0.1, 0.15) is 0 Å². The molecule has 0 fully saturated rings. The van der Waals surface area contributed by atoms with Crippen LogP contribution in [0.5, 0.6) is 11.5 Å². The van der Waals surface area contributed by atoms with E-state index in [2.05, 4.69) is 5.32 Å². The van der Waals surface area contributed by atoms with E-state index in [1.807, 2.05) is 6.92 Å². The molecule has 1 atom stereocenters. The van der Waals surface area contributed by atoms with Crippen molar-refractivity contribution >= 4 is 17.5 Å². The van der Waals surface area contributed by atoms with Crippen molar-refractivity contribution in [3.8, 4) is 11.5 Å². The smallest absolute Gasteiger partial charge is 0.260 e. The number of methoxy groups -OCH3 is 1. The van der Waals surface area contributed by atoms with Crippen molar-refractivity contribution in [2.45, 2.75) is 26.6 Å². The minimum absolute atomic E-state index is 0.233. The molecule has 1 aromatic carbocycles. The first-order valence-electron chi connectivity index (χ1n) is 5.95. The van der Waals surface area contributed by atoms with Gasteiger partial charge in [0, 0.05) is 23.2 Å². The molecule has 0 heterocycles. The van der Waals surface area contributed by atoms with Gasteiger partial charge in [0.2, 0.25) is 0 Å². The van der Waals surface area contributed by atoms with Gasteiger partial charge in [0.05, 0.1) is 13.7 Å². The van der Waals surface area contributed by atoms with Crippen LogP contribution in [0.1, 0.15) is 19.4 Å². The Bertz CT molecular complexity index is 425. The van der Waals surface area contributed by atoms with Gasteiger partial charge in [0.25, 0.3) is 5.91 Å². The van der Waals surface area contributed by atoms with Gasteiger partial charge in [0.15, 0.2) is 17.6 Å². The molecular formula is C13H18ClNO4. The van der Waals surface area contributed by atoms with Crippen LogP contribution >= 0.6 is 11.6 Å². The van der Waals surface area contributed by atoms with Crippen LogP contribution in [0.15, 0.2) is 12.1 Å². The van der Waals surface area contributed by atoms with Crippen molar-refractivity contribution in [3.05, 3.63) is 22.7 Å². The molecule has 0 aliphatic carbocycles. The Labute approximate surface area is 117 Å². The van der Waals surface area contributed by atoms with Crippen LogP contribution in [-0.4, -0.2) is 30.8 Å². The fourth-order valence-corrected chi connectivity index (χ4v) is 1.80. The number of carbonyl (C=O) groups excluding carboxylic acids is 1. The summed E-state index contributed by atoms with van der Waals surface area (Å²) >= 11 is 5.90. The lowest BCUT2D eigenvalue weighted by Crippen LogP contribution is -2.36. The average molecular weight is 288 g/mol. The summed E-state index contributed by atoms with van der Waals surface area (Å²) in [5.74, 6) is 0.476. The second-order valence-electron chi connectivity index (χ2n) is 3.91. The lowest BCUT2D eigenvalue weighted by Gasteiger charge is -2.19. The zero-order valence-corrected chi connectivity index (χ0v) is 12.0. The van der Waals surface area contributed by atoms with Crippen molar-refractivity contribution < 1.29 is 19.4 Å².